The Morgan fingerprint density at radius 1 is 1.16 bits per heavy atom. The summed E-state index contributed by atoms with van der Waals surface area (Å²) in [6, 6.07) is 10.1. The topological polar surface area (TPSA) is 78.4 Å². The number of aliphatic imine (C=N–C) groups is 1. The molecule has 1 heterocycles. The molecule has 0 bridgehead atoms. The molecule has 1 amide bonds. The standard InChI is InChI=1S/C18H25N5O.HI/c1-18(2,3)23-16(24)12-22-17(19-4)21-11-15-14-8-6-5-7-13(14)9-10-20-15;/h5-10H,11-12H2,1-4H3,(H,23,24)(H2,19,21,22);1H. The second kappa shape index (κ2) is 9.55. The number of hydrogen-bond acceptors (Lipinski definition) is 3. The molecule has 0 unspecified atom stereocenters. The summed E-state index contributed by atoms with van der Waals surface area (Å²) in [4.78, 5) is 20.4. The van der Waals surface area contributed by atoms with Crippen LogP contribution in [0, 0.1) is 0 Å². The number of rotatable bonds is 4. The number of carbonyl (C=O) groups excluding carboxylic acids is 1. The van der Waals surface area contributed by atoms with Crippen molar-refractivity contribution in [1.29, 1.82) is 0 Å². The highest BCUT2D eigenvalue weighted by Crippen LogP contribution is 2.15. The van der Waals surface area contributed by atoms with Gasteiger partial charge in [-0.1, -0.05) is 24.3 Å². The summed E-state index contributed by atoms with van der Waals surface area (Å²) in [5.41, 5.74) is 0.693. The minimum atomic E-state index is -0.247. The Labute approximate surface area is 165 Å². The molecule has 0 aliphatic rings. The third-order valence-electron chi connectivity index (χ3n) is 3.33. The van der Waals surface area contributed by atoms with E-state index in [9.17, 15) is 4.79 Å². The van der Waals surface area contributed by atoms with Crippen molar-refractivity contribution in [3.63, 3.8) is 0 Å². The second-order valence-corrected chi connectivity index (χ2v) is 6.56. The van der Waals surface area contributed by atoms with Crippen LogP contribution in [-0.4, -0.2) is 36.0 Å². The molecule has 6 nitrogen and oxygen atoms in total. The molecule has 2 aromatic rings. The Balaban J connectivity index is 0.00000312. The number of amides is 1. The largest absolute Gasteiger partial charge is 0.351 e. The van der Waals surface area contributed by atoms with Crippen molar-refractivity contribution < 1.29 is 4.79 Å². The molecule has 3 N–H and O–H groups in total. The van der Waals surface area contributed by atoms with E-state index in [-0.39, 0.29) is 42.0 Å². The SMILES string of the molecule is CN=C(NCC(=O)NC(C)(C)C)NCc1nccc2ccccc12.I. The second-order valence-electron chi connectivity index (χ2n) is 6.56. The minimum Gasteiger partial charge on any atom is -0.351 e. The summed E-state index contributed by atoms with van der Waals surface area (Å²) in [5.74, 6) is 0.488. The Morgan fingerprint density at radius 2 is 1.88 bits per heavy atom. The maximum absolute atomic E-state index is 11.9. The molecule has 1 aromatic heterocycles. The molecule has 2 rings (SSSR count). The lowest BCUT2D eigenvalue weighted by atomic mass is 10.1. The monoisotopic (exact) mass is 455 g/mol. The van der Waals surface area contributed by atoms with Crippen LogP contribution in [0.4, 0.5) is 0 Å². The number of benzene rings is 1. The zero-order valence-corrected chi connectivity index (χ0v) is 17.4. The van der Waals surface area contributed by atoms with E-state index in [1.165, 1.54) is 0 Å². The molecule has 0 spiro atoms. The number of guanidine groups is 1. The quantitative estimate of drug-likeness (QED) is 0.376. The maximum atomic E-state index is 11.9. The van der Waals surface area contributed by atoms with Gasteiger partial charge in [0, 0.05) is 24.2 Å². The van der Waals surface area contributed by atoms with E-state index in [0.717, 1.165) is 16.5 Å². The summed E-state index contributed by atoms with van der Waals surface area (Å²) in [5, 5.41) is 11.4. The number of aromatic nitrogens is 1. The van der Waals surface area contributed by atoms with Crippen molar-refractivity contribution in [2.75, 3.05) is 13.6 Å². The van der Waals surface area contributed by atoms with Crippen LogP contribution in [0.5, 0.6) is 0 Å². The van der Waals surface area contributed by atoms with Crippen LogP contribution in [-0.2, 0) is 11.3 Å². The molecule has 1 aromatic carbocycles. The first kappa shape index (κ1) is 21.1. The maximum Gasteiger partial charge on any atom is 0.239 e. The zero-order valence-electron chi connectivity index (χ0n) is 15.1. The van der Waals surface area contributed by atoms with Crippen molar-refractivity contribution in [1.82, 2.24) is 20.9 Å². The lowest BCUT2D eigenvalue weighted by Gasteiger charge is -2.21. The van der Waals surface area contributed by atoms with Crippen LogP contribution in [0.3, 0.4) is 0 Å². The average molecular weight is 455 g/mol. The predicted molar refractivity (Wildman–Crippen MR) is 113 cm³/mol. The molecule has 0 radical (unpaired) electrons. The van der Waals surface area contributed by atoms with Gasteiger partial charge < -0.3 is 16.0 Å². The molecule has 0 saturated carbocycles. The van der Waals surface area contributed by atoms with Crippen molar-refractivity contribution in [2.24, 2.45) is 4.99 Å². The van der Waals surface area contributed by atoms with Gasteiger partial charge in [-0.15, -0.1) is 24.0 Å². The van der Waals surface area contributed by atoms with Gasteiger partial charge in [0.25, 0.3) is 0 Å². The van der Waals surface area contributed by atoms with Crippen LogP contribution >= 0.6 is 24.0 Å². The molecular formula is C18H26IN5O. The average Bonchev–Trinajstić information content (AvgIpc) is 2.53. The van der Waals surface area contributed by atoms with Crippen molar-refractivity contribution in [3.05, 3.63) is 42.2 Å². The molecule has 0 saturated heterocycles. The van der Waals surface area contributed by atoms with Gasteiger partial charge >= 0.3 is 0 Å². The minimum absolute atomic E-state index is 0. The van der Waals surface area contributed by atoms with Gasteiger partial charge in [0.05, 0.1) is 18.8 Å². The predicted octanol–water partition coefficient (Wildman–Crippen LogP) is 2.43. The number of carbonyl (C=O) groups is 1. The number of hydrogen-bond donors (Lipinski definition) is 3. The molecule has 0 aliphatic carbocycles. The van der Waals surface area contributed by atoms with E-state index in [1.807, 2.05) is 45.0 Å². The smallest absolute Gasteiger partial charge is 0.239 e. The van der Waals surface area contributed by atoms with Crippen LogP contribution in [0.2, 0.25) is 0 Å². The van der Waals surface area contributed by atoms with E-state index < -0.39 is 0 Å². The van der Waals surface area contributed by atoms with Crippen LogP contribution in [0.25, 0.3) is 10.8 Å². The van der Waals surface area contributed by atoms with Gasteiger partial charge in [-0.3, -0.25) is 14.8 Å². The molecule has 0 aliphatic heterocycles. The first-order valence-electron chi connectivity index (χ1n) is 7.97. The number of nitrogens with one attached hydrogen (secondary N) is 3. The third-order valence-corrected chi connectivity index (χ3v) is 3.33. The molecule has 136 valence electrons. The Kier molecular flexibility index (Phi) is 8.08. The number of pyridine rings is 1. The summed E-state index contributed by atoms with van der Waals surface area (Å²) >= 11 is 0. The van der Waals surface area contributed by atoms with Gasteiger partial charge in [0.15, 0.2) is 5.96 Å². The molecular weight excluding hydrogens is 429 g/mol. The highest BCUT2D eigenvalue weighted by atomic mass is 127. The lowest BCUT2D eigenvalue weighted by Crippen LogP contribution is -2.48. The fourth-order valence-electron chi connectivity index (χ4n) is 2.34. The van der Waals surface area contributed by atoms with Crippen LogP contribution in [0.1, 0.15) is 26.5 Å². The summed E-state index contributed by atoms with van der Waals surface area (Å²) in [7, 11) is 1.67. The van der Waals surface area contributed by atoms with Gasteiger partial charge in [0.1, 0.15) is 0 Å². The van der Waals surface area contributed by atoms with E-state index >= 15 is 0 Å². The van der Waals surface area contributed by atoms with E-state index in [1.54, 1.807) is 13.2 Å². The number of halogens is 1. The number of fused-ring (bicyclic) bond motifs is 1. The fraction of sp³-hybridized carbons (Fsp3) is 0.389. The van der Waals surface area contributed by atoms with Crippen molar-refractivity contribution in [3.8, 4) is 0 Å². The van der Waals surface area contributed by atoms with Crippen molar-refractivity contribution >= 4 is 46.6 Å². The Morgan fingerprint density at radius 3 is 2.56 bits per heavy atom. The van der Waals surface area contributed by atoms with E-state index in [0.29, 0.717) is 12.5 Å². The van der Waals surface area contributed by atoms with Crippen LogP contribution in [0.15, 0.2) is 41.5 Å². The normalized spacial score (nSPS) is 11.6. The van der Waals surface area contributed by atoms with Gasteiger partial charge in [0.2, 0.25) is 5.91 Å². The Bertz CT molecular complexity index is 734. The number of nitrogens with zero attached hydrogens (tertiary/aromatic N) is 2. The lowest BCUT2D eigenvalue weighted by molar-refractivity contribution is -0.121. The molecule has 7 heteroatoms. The summed E-state index contributed by atoms with van der Waals surface area (Å²) in [6.45, 7) is 6.54. The zero-order chi connectivity index (χ0) is 17.6. The summed E-state index contributed by atoms with van der Waals surface area (Å²) in [6.07, 6.45) is 1.80. The Hall–Kier alpha value is -1.90. The fourth-order valence-corrected chi connectivity index (χ4v) is 2.34. The van der Waals surface area contributed by atoms with Gasteiger partial charge in [-0.25, -0.2) is 0 Å². The highest BCUT2D eigenvalue weighted by molar-refractivity contribution is 14.0. The van der Waals surface area contributed by atoms with E-state index in [2.05, 4.69) is 32.0 Å². The summed E-state index contributed by atoms with van der Waals surface area (Å²) < 4.78 is 0. The highest BCUT2D eigenvalue weighted by Gasteiger charge is 2.13. The third kappa shape index (κ3) is 6.85. The van der Waals surface area contributed by atoms with Gasteiger partial charge in [-0.05, 0) is 32.2 Å². The first-order chi connectivity index (χ1) is 11.4. The molecule has 0 atom stereocenters. The molecule has 0 fully saturated rings. The first-order valence-corrected chi connectivity index (χ1v) is 7.97. The molecule has 25 heavy (non-hydrogen) atoms. The van der Waals surface area contributed by atoms with Crippen molar-refractivity contribution in [2.45, 2.75) is 32.9 Å². The van der Waals surface area contributed by atoms with Crippen LogP contribution < -0.4 is 16.0 Å². The van der Waals surface area contributed by atoms with E-state index in [4.69, 9.17) is 0 Å². The van der Waals surface area contributed by atoms with Gasteiger partial charge in [-0.2, -0.15) is 0 Å².